The normalized spacial score (nSPS) is 21.3. The zero-order valence-corrected chi connectivity index (χ0v) is 13.6. The molecule has 0 atom stereocenters. The molecule has 3 aromatic heterocycles. The van der Waals surface area contributed by atoms with Crippen LogP contribution in [0, 0.1) is 17.2 Å². The van der Waals surface area contributed by atoms with Crippen LogP contribution in [-0.2, 0) is 6.42 Å². The Bertz CT molecular complexity index is 895. The zero-order valence-electron chi connectivity index (χ0n) is 13.6. The first kappa shape index (κ1) is 15.2. The van der Waals surface area contributed by atoms with Crippen LogP contribution in [0.2, 0.25) is 0 Å². The molecule has 0 bridgehead atoms. The molecule has 0 unspecified atom stereocenters. The number of nitrogens with one attached hydrogen (secondary N) is 1. The van der Waals surface area contributed by atoms with E-state index in [9.17, 15) is 5.11 Å². The van der Waals surface area contributed by atoms with Crippen molar-refractivity contribution in [2.45, 2.75) is 44.6 Å². The van der Waals surface area contributed by atoms with E-state index >= 15 is 0 Å². The van der Waals surface area contributed by atoms with Gasteiger partial charge in [0, 0.05) is 30.5 Å². The van der Waals surface area contributed by atoms with Gasteiger partial charge in [0.1, 0.15) is 17.0 Å². The van der Waals surface area contributed by atoms with E-state index in [-0.39, 0.29) is 6.61 Å². The molecule has 1 saturated carbocycles. The Morgan fingerprint density at radius 2 is 2.17 bits per heavy atom. The van der Waals surface area contributed by atoms with Gasteiger partial charge in [-0.15, -0.1) is 0 Å². The third-order valence-electron chi connectivity index (χ3n) is 5.20. The Labute approximate surface area is 140 Å². The minimum Gasteiger partial charge on any atom is -0.396 e. The Balaban J connectivity index is 1.79. The summed E-state index contributed by atoms with van der Waals surface area (Å²) in [6.45, 7) is 0.0941. The monoisotopic (exact) mass is 323 g/mol. The number of aromatic nitrogens is 4. The summed E-state index contributed by atoms with van der Waals surface area (Å²) in [6, 6.07) is 4.73. The van der Waals surface area contributed by atoms with Crippen LogP contribution in [0.1, 0.15) is 44.0 Å². The molecule has 3 heterocycles. The highest BCUT2D eigenvalue weighted by atomic mass is 16.3. The second-order valence-corrected chi connectivity index (χ2v) is 6.64. The molecule has 4 rings (SSSR count). The summed E-state index contributed by atoms with van der Waals surface area (Å²) in [4.78, 5) is 12.3. The summed E-state index contributed by atoms with van der Waals surface area (Å²) in [5, 5.41) is 19.4. The van der Waals surface area contributed by atoms with Crippen LogP contribution in [0.4, 0.5) is 0 Å². The molecule has 1 aliphatic rings. The number of pyridine rings is 1. The van der Waals surface area contributed by atoms with Crippen LogP contribution in [0.5, 0.6) is 0 Å². The molecule has 1 fully saturated rings. The quantitative estimate of drug-likeness (QED) is 0.772. The molecule has 3 aromatic rings. The average molecular weight is 323 g/mol. The number of hydrogen-bond acceptors (Lipinski definition) is 4. The standard InChI is InChI=1S/C18H21N5O/c19-8-5-12-1-3-13(4-2-12)23-16(7-10-24)22-15-11-21-18-14(17(15)23)6-9-20-18/h6,9,11-13,24H,1-5,7,10H2,(H,20,21). The molecule has 0 spiro atoms. The summed E-state index contributed by atoms with van der Waals surface area (Å²) in [7, 11) is 0. The van der Waals surface area contributed by atoms with Gasteiger partial charge in [0.15, 0.2) is 0 Å². The smallest absolute Gasteiger partial charge is 0.139 e. The Morgan fingerprint density at radius 1 is 1.33 bits per heavy atom. The third kappa shape index (κ3) is 2.45. The molecular weight excluding hydrogens is 302 g/mol. The van der Waals surface area contributed by atoms with Crippen molar-refractivity contribution in [2.24, 2.45) is 5.92 Å². The molecular formula is C18H21N5O. The van der Waals surface area contributed by atoms with Crippen LogP contribution >= 0.6 is 0 Å². The van der Waals surface area contributed by atoms with E-state index in [0.29, 0.717) is 24.8 Å². The van der Waals surface area contributed by atoms with E-state index in [2.05, 4.69) is 20.6 Å². The van der Waals surface area contributed by atoms with E-state index in [1.54, 1.807) is 0 Å². The average Bonchev–Trinajstić information content (AvgIpc) is 3.20. The lowest BCUT2D eigenvalue weighted by atomic mass is 9.84. The van der Waals surface area contributed by atoms with Crippen molar-refractivity contribution in [1.29, 1.82) is 5.26 Å². The van der Waals surface area contributed by atoms with Crippen LogP contribution in [0.3, 0.4) is 0 Å². The Hall–Kier alpha value is -2.39. The lowest BCUT2D eigenvalue weighted by Gasteiger charge is -2.29. The van der Waals surface area contributed by atoms with Crippen LogP contribution < -0.4 is 0 Å². The lowest BCUT2D eigenvalue weighted by molar-refractivity contribution is 0.266. The van der Waals surface area contributed by atoms with Gasteiger partial charge < -0.3 is 14.7 Å². The summed E-state index contributed by atoms with van der Waals surface area (Å²) in [5.41, 5.74) is 2.88. The number of nitrogens with zero attached hydrogens (tertiary/aromatic N) is 4. The van der Waals surface area contributed by atoms with Gasteiger partial charge in [-0.1, -0.05) is 0 Å². The minimum absolute atomic E-state index is 0.0941. The molecule has 0 radical (unpaired) electrons. The Kier molecular flexibility index (Phi) is 3.95. The molecule has 6 nitrogen and oxygen atoms in total. The highest BCUT2D eigenvalue weighted by Gasteiger charge is 2.26. The zero-order chi connectivity index (χ0) is 16.5. The predicted octanol–water partition coefficient (Wildman–Crippen LogP) is 3.09. The van der Waals surface area contributed by atoms with Crippen LogP contribution in [-0.4, -0.2) is 31.2 Å². The summed E-state index contributed by atoms with van der Waals surface area (Å²) in [5.74, 6) is 1.46. The van der Waals surface area contributed by atoms with E-state index < -0.39 is 0 Å². The van der Waals surface area contributed by atoms with Gasteiger partial charge in [-0.25, -0.2) is 9.97 Å². The van der Waals surface area contributed by atoms with Gasteiger partial charge in [-0.2, -0.15) is 5.26 Å². The van der Waals surface area contributed by atoms with Crippen molar-refractivity contribution in [2.75, 3.05) is 6.61 Å². The maximum Gasteiger partial charge on any atom is 0.139 e. The van der Waals surface area contributed by atoms with Gasteiger partial charge in [0.05, 0.1) is 24.4 Å². The van der Waals surface area contributed by atoms with Crippen LogP contribution in [0.25, 0.3) is 22.1 Å². The predicted molar refractivity (Wildman–Crippen MR) is 91.4 cm³/mol. The molecule has 0 aromatic carbocycles. The molecule has 1 aliphatic carbocycles. The molecule has 124 valence electrons. The number of aliphatic hydroxyl groups excluding tert-OH is 1. The van der Waals surface area contributed by atoms with Crippen LogP contribution in [0.15, 0.2) is 18.5 Å². The maximum atomic E-state index is 9.44. The number of nitriles is 1. The fourth-order valence-corrected chi connectivity index (χ4v) is 4.05. The number of aliphatic hydroxyl groups is 1. The second-order valence-electron chi connectivity index (χ2n) is 6.64. The van der Waals surface area contributed by atoms with Gasteiger partial charge in [0.2, 0.25) is 0 Å². The number of H-pyrrole nitrogens is 1. The number of imidazole rings is 1. The van der Waals surface area contributed by atoms with Gasteiger partial charge in [-0.3, -0.25) is 0 Å². The number of aromatic amines is 1. The summed E-state index contributed by atoms with van der Waals surface area (Å²) >= 11 is 0. The van der Waals surface area contributed by atoms with E-state index in [4.69, 9.17) is 10.2 Å². The summed E-state index contributed by atoms with van der Waals surface area (Å²) in [6.07, 6.45) is 9.22. The highest BCUT2D eigenvalue weighted by Crippen LogP contribution is 2.37. The van der Waals surface area contributed by atoms with E-state index in [1.165, 1.54) is 0 Å². The maximum absolute atomic E-state index is 9.44. The lowest BCUT2D eigenvalue weighted by Crippen LogP contribution is -2.20. The third-order valence-corrected chi connectivity index (χ3v) is 5.20. The van der Waals surface area contributed by atoms with Gasteiger partial charge >= 0.3 is 0 Å². The number of fused-ring (bicyclic) bond motifs is 3. The van der Waals surface area contributed by atoms with E-state index in [1.807, 2.05) is 18.5 Å². The second kappa shape index (κ2) is 6.25. The van der Waals surface area contributed by atoms with Gasteiger partial charge in [0.25, 0.3) is 0 Å². The van der Waals surface area contributed by atoms with Crippen molar-refractivity contribution < 1.29 is 5.11 Å². The molecule has 0 aliphatic heterocycles. The topological polar surface area (TPSA) is 90.5 Å². The van der Waals surface area contributed by atoms with Crippen molar-refractivity contribution in [3.8, 4) is 6.07 Å². The highest BCUT2D eigenvalue weighted by molar-refractivity contribution is 6.01. The fraction of sp³-hybridized carbons (Fsp3) is 0.500. The number of rotatable bonds is 4. The molecule has 2 N–H and O–H groups in total. The first-order valence-corrected chi connectivity index (χ1v) is 8.62. The van der Waals surface area contributed by atoms with Crippen molar-refractivity contribution >= 4 is 22.1 Å². The fourth-order valence-electron chi connectivity index (χ4n) is 4.05. The molecule has 24 heavy (non-hydrogen) atoms. The largest absolute Gasteiger partial charge is 0.396 e. The SMILES string of the molecule is N#CCC1CCC(n2c(CCO)nc3cnc4[nH]ccc4c32)CC1. The first-order valence-electron chi connectivity index (χ1n) is 8.62. The van der Waals surface area contributed by atoms with Gasteiger partial charge in [-0.05, 0) is 37.7 Å². The summed E-state index contributed by atoms with van der Waals surface area (Å²) < 4.78 is 2.33. The molecule has 6 heteroatoms. The first-order chi connectivity index (χ1) is 11.8. The molecule has 0 amide bonds. The minimum atomic E-state index is 0.0941. The van der Waals surface area contributed by atoms with Crippen molar-refractivity contribution in [3.05, 3.63) is 24.3 Å². The molecule has 0 saturated heterocycles. The Morgan fingerprint density at radius 3 is 2.92 bits per heavy atom. The van der Waals surface area contributed by atoms with Crippen molar-refractivity contribution in [3.63, 3.8) is 0 Å². The van der Waals surface area contributed by atoms with Crippen molar-refractivity contribution in [1.82, 2.24) is 19.5 Å². The van der Waals surface area contributed by atoms with E-state index in [0.717, 1.165) is 53.6 Å². The number of hydrogen-bond donors (Lipinski definition) is 2.